The van der Waals surface area contributed by atoms with E-state index in [1.807, 2.05) is 0 Å². The number of nitriles is 1. The molecule has 1 aromatic rings. The number of hydrogen-bond acceptors (Lipinski definition) is 5. The van der Waals surface area contributed by atoms with Gasteiger partial charge in [-0.15, -0.1) is 0 Å². The maximum Gasteiger partial charge on any atom is 0.335 e. The van der Waals surface area contributed by atoms with Crippen molar-refractivity contribution in [3.63, 3.8) is 0 Å². The van der Waals surface area contributed by atoms with Gasteiger partial charge >= 0.3 is 5.97 Å². The van der Waals surface area contributed by atoms with E-state index in [-0.39, 0.29) is 11.9 Å². The number of rotatable bonds is 11. The molecule has 0 radical (unpaired) electrons. The smallest absolute Gasteiger partial charge is 0.335 e. The van der Waals surface area contributed by atoms with Crippen LogP contribution in [-0.4, -0.2) is 43.7 Å². The number of aromatic carboxylic acids is 1. The Balaban J connectivity index is 1.99. The predicted octanol–water partition coefficient (Wildman–Crippen LogP) is 4.43. The number of carboxylic acid groups (broad SMARTS) is 1. The number of hydrogen-bond donors (Lipinski definition) is 1. The van der Waals surface area contributed by atoms with Crippen LogP contribution in [-0.2, 0) is 9.47 Å². The molecule has 6 nitrogen and oxygen atoms in total. The van der Waals surface area contributed by atoms with E-state index in [9.17, 15) is 10.1 Å². The standard InChI is InChI=1S/C22H32N2O4/c1-3-5-13-27-22(28-14-6-4-2)17-9-11-24(12-10-17)20-8-7-18(21(25)26)15-19(20)16-23/h7-8,15,17,22H,3-6,9-14H2,1-2H3,(H,25,26). The molecule has 0 unspecified atom stereocenters. The number of carbonyl (C=O) groups is 1. The minimum Gasteiger partial charge on any atom is -0.478 e. The molecule has 1 saturated heterocycles. The summed E-state index contributed by atoms with van der Waals surface area (Å²) in [5, 5.41) is 18.6. The van der Waals surface area contributed by atoms with E-state index in [1.165, 1.54) is 6.07 Å². The Kier molecular flexibility index (Phi) is 9.26. The SMILES string of the molecule is CCCCOC(OCCCC)C1CCN(c2ccc(C(=O)O)cc2C#N)CC1. The van der Waals surface area contributed by atoms with Crippen LogP contribution < -0.4 is 4.90 Å². The lowest BCUT2D eigenvalue weighted by Gasteiger charge is -2.37. The molecule has 28 heavy (non-hydrogen) atoms. The van der Waals surface area contributed by atoms with Crippen LogP contribution in [0.1, 0.15) is 68.3 Å². The maximum atomic E-state index is 11.1. The Morgan fingerprint density at radius 2 is 1.82 bits per heavy atom. The lowest BCUT2D eigenvalue weighted by atomic mass is 9.95. The van der Waals surface area contributed by atoms with Gasteiger partial charge in [0.2, 0.25) is 0 Å². The first-order chi connectivity index (χ1) is 13.6. The monoisotopic (exact) mass is 388 g/mol. The summed E-state index contributed by atoms with van der Waals surface area (Å²) in [5.74, 6) is -0.674. The maximum absolute atomic E-state index is 11.1. The second-order valence-corrected chi connectivity index (χ2v) is 7.29. The molecule has 0 amide bonds. The van der Waals surface area contributed by atoms with E-state index < -0.39 is 5.97 Å². The van der Waals surface area contributed by atoms with Crippen LogP contribution >= 0.6 is 0 Å². The van der Waals surface area contributed by atoms with Gasteiger partial charge in [-0.1, -0.05) is 26.7 Å². The van der Waals surface area contributed by atoms with E-state index in [0.29, 0.717) is 11.5 Å². The molecular formula is C22H32N2O4. The number of nitrogens with zero attached hydrogens (tertiary/aromatic N) is 2. The summed E-state index contributed by atoms with van der Waals surface area (Å²) in [5.41, 5.74) is 1.36. The minimum absolute atomic E-state index is 0.142. The topological polar surface area (TPSA) is 82.8 Å². The molecule has 0 atom stereocenters. The van der Waals surface area contributed by atoms with Gasteiger partial charge in [0.15, 0.2) is 6.29 Å². The molecule has 0 saturated carbocycles. The molecule has 1 heterocycles. The molecular weight excluding hydrogens is 356 g/mol. The van der Waals surface area contributed by atoms with Crippen LogP contribution in [0.5, 0.6) is 0 Å². The molecule has 1 N–H and O–H groups in total. The zero-order chi connectivity index (χ0) is 20.4. The zero-order valence-electron chi connectivity index (χ0n) is 17.0. The van der Waals surface area contributed by atoms with Gasteiger partial charge in [-0.2, -0.15) is 5.26 Å². The summed E-state index contributed by atoms with van der Waals surface area (Å²) in [6, 6.07) is 6.90. The van der Waals surface area contributed by atoms with Crippen molar-refractivity contribution < 1.29 is 19.4 Å². The van der Waals surface area contributed by atoms with Crippen molar-refractivity contribution in [3.05, 3.63) is 29.3 Å². The van der Waals surface area contributed by atoms with Crippen molar-refractivity contribution in [3.8, 4) is 6.07 Å². The second kappa shape index (κ2) is 11.7. The molecule has 0 aromatic heterocycles. The summed E-state index contributed by atoms with van der Waals surface area (Å²) < 4.78 is 12.1. The highest BCUT2D eigenvalue weighted by atomic mass is 16.7. The predicted molar refractivity (Wildman–Crippen MR) is 109 cm³/mol. The lowest BCUT2D eigenvalue weighted by molar-refractivity contribution is -0.177. The third-order valence-electron chi connectivity index (χ3n) is 5.19. The van der Waals surface area contributed by atoms with Gasteiger partial charge in [0.05, 0.1) is 16.8 Å². The highest BCUT2D eigenvalue weighted by Gasteiger charge is 2.29. The van der Waals surface area contributed by atoms with Crippen molar-refractivity contribution >= 4 is 11.7 Å². The molecule has 2 rings (SSSR count). The van der Waals surface area contributed by atoms with Crippen molar-refractivity contribution in [1.29, 1.82) is 5.26 Å². The number of carboxylic acids is 1. The molecule has 1 aliphatic rings. The first-order valence-corrected chi connectivity index (χ1v) is 10.4. The first-order valence-electron chi connectivity index (χ1n) is 10.4. The number of ether oxygens (including phenoxy) is 2. The number of anilines is 1. The van der Waals surface area contributed by atoms with Crippen LogP contribution in [0.2, 0.25) is 0 Å². The fourth-order valence-electron chi connectivity index (χ4n) is 3.45. The Hall–Kier alpha value is -2.10. The Bertz CT molecular complexity index is 653. The van der Waals surface area contributed by atoms with Crippen molar-refractivity contribution in [2.24, 2.45) is 5.92 Å². The number of unbranched alkanes of at least 4 members (excludes halogenated alkanes) is 2. The highest BCUT2D eigenvalue weighted by Crippen LogP contribution is 2.30. The third kappa shape index (κ3) is 6.22. The van der Waals surface area contributed by atoms with Crippen LogP contribution in [0.4, 0.5) is 5.69 Å². The van der Waals surface area contributed by atoms with Crippen LogP contribution in [0.25, 0.3) is 0 Å². The minimum atomic E-state index is -1.02. The van der Waals surface area contributed by atoms with Gasteiger partial charge in [0.25, 0.3) is 0 Å². The molecule has 6 heteroatoms. The summed E-state index contributed by atoms with van der Waals surface area (Å²) in [6.45, 7) is 7.35. The summed E-state index contributed by atoms with van der Waals surface area (Å²) in [6.07, 6.45) is 5.96. The van der Waals surface area contributed by atoms with Gasteiger partial charge in [0, 0.05) is 32.2 Å². The Morgan fingerprint density at radius 1 is 1.21 bits per heavy atom. The Labute approximate surface area is 168 Å². The fraction of sp³-hybridized carbons (Fsp3) is 0.636. The summed E-state index contributed by atoms with van der Waals surface area (Å²) in [4.78, 5) is 13.3. The van der Waals surface area contributed by atoms with Crippen LogP contribution in [0.3, 0.4) is 0 Å². The fourth-order valence-corrected chi connectivity index (χ4v) is 3.45. The van der Waals surface area contributed by atoms with Crippen LogP contribution in [0.15, 0.2) is 18.2 Å². The van der Waals surface area contributed by atoms with Gasteiger partial charge in [-0.05, 0) is 43.9 Å². The average Bonchev–Trinajstić information content (AvgIpc) is 2.72. The van der Waals surface area contributed by atoms with Gasteiger partial charge in [0.1, 0.15) is 6.07 Å². The molecule has 0 spiro atoms. The lowest BCUT2D eigenvalue weighted by Crippen LogP contribution is -2.40. The molecule has 154 valence electrons. The van der Waals surface area contributed by atoms with E-state index >= 15 is 0 Å². The molecule has 1 aliphatic heterocycles. The molecule has 1 fully saturated rings. The first kappa shape index (κ1) is 22.2. The number of piperidine rings is 1. The van der Waals surface area contributed by atoms with Gasteiger partial charge in [-0.3, -0.25) is 0 Å². The largest absolute Gasteiger partial charge is 0.478 e. The summed E-state index contributed by atoms with van der Waals surface area (Å²) in [7, 11) is 0. The van der Waals surface area contributed by atoms with Crippen molar-refractivity contribution in [2.45, 2.75) is 58.7 Å². The van der Waals surface area contributed by atoms with Crippen LogP contribution in [0, 0.1) is 17.2 Å². The summed E-state index contributed by atoms with van der Waals surface area (Å²) >= 11 is 0. The van der Waals surface area contributed by atoms with E-state index in [4.69, 9.17) is 14.6 Å². The normalized spacial score (nSPS) is 15.0. The Morgan fingerprint density at radius 3 is 2.32 bits per heavy atom. The molecule has 1 aromatic carbocycles. The van der Waals surface area contributed by atoms with Crippen molar-refractivity contribution in [1.82, 2.24) is 0 Å². The van der Waals surface area contributed by atoms with Crippen molar-refractivity contribution in [2.75, 3.05) is 31.2 Å². The molecule has 0 aliphatic carbocycles. The van der Waals surface area contributed by atoms with Gasteiger partial charge in [-0.25, -0.2) is 4.79 Å². The third-order valence-corrected chi connectivity index (χ3v) is 5.19. The quantitative estimate of drug-likeness (QED) is 0.446. The average molecular weight is 389 g/mol. The van der Waals surface area contributed by atoms with E-state index in [1.54, 1.807) is 12.1 Å². The number of benzene rings is 1. The molecule has 0 bridgehead atoms. The van der Waals surface area contributed by atoms with Gasteiger partial charge < -0.3 is 19.5 Å². The van der Waals surface area contributed by atoms with E-state index in [2.05, 4.69) is 24.8 Å². The second-order valence-electron chi connectivity index (χ2n) is 7.29. The zero-order valence-corrected chi connectivity index (χ0v) is 17.0. The highest BCUT2D eigenvalue weighted by molar-refractivity contribution is 5.89. The van der Waals surface area contributed by atoms with E-state index in [0.717, 1.165) is 70.5 Å².